The highest BCUT2D eigenvalue weighted by atomic mass is 16.2. The second-order valence-electron chi connectivity index (χ2n) is 4.27. The van der Waals surface area contributed by atoms with Gasteiger partial charge in [0.1, 0.15) is 0 Å². The van der Waals surface area contributed by atoms with Crippen molar-refractivity contribution in [2.24, 2.45) is 5.73 Å². The van der Waals surface area contributed by atoms with Crippen LogP contribution in [-0.2, 0) is 0 Å². The van der Waals surface area contributed by atoms with E-state index in [0.717, 1.165) is 43.5 Å². The Kier molecular flexibility index (Phi) is 9.81. The second kappa shape index (κ2) is 10.7. The van der Waals surface area contributed by atoms with Crippen LogP contribution in [0.1, 0.15) is 52.4 Å². The maximum Gasteiger partial charge on any atom is 0.333 e. The van der Waals surface area contributed by atoms with Gasteiger partial charge in [0.25, 0.3) is 0 Å². The van der Waals surface area contributed by atoms with Crippen LogP contribution < -0.4 is 16.5 Å². The van der Waals surface area contributed by atoms with Crippen molar-refractivity contribution in [1.29, 1.82) is 0 Å². The Bertz CT molecular complexity index is 246. The minimum absolute atomic E-state index is 0.374. The van der Waals surface area contributed by atoms with Crippen LogP contribution >= 0.6 is 0 Å². The molecule has 0 aliphatic rings. The number of carbonyl (C=O) groups is 2. The van der Waals surface area contributed by atoms with Crippen LogP contribution in [0.2, 0.25) is 0 Å². The average molecular weight is 258 g/mol. The predicted molar refractivity (Wildman–Crippen MR) is 71.9 cm³/mol. The zero-order valence-corrected chi connectivity index (χ0v) is 11.5. The summed E-state index contributed by atoms with van der Waals surface area (Å²) >= 11 is 0. The van der Waals surface area contributed by atoms with Crippen molar-refractivity contribution in [3.63, 3.8) is 0 Å². The van der Waals surface area contributed by atoms with Gasteiger partial charge in [0.2, 0.25) is 0 Å². The smallest absolute Gasteiger partial charge is 0.333 e. The fourth-order valence-corrected chi connectivity index (χ4v) is 1.48. The van der Waals surface area contributed by atoms with Gasteiger partial charge in [-0.25, -0.2) is 20.0 Å². The number of carbonyl (C=O) groups excluding carboxylic acids is 2. The molecule has 0 spiro atoms. The molecule has 4 N–H and O–H groups in total. The molecular weight excluding hydrogens is 232 g/mol. The topological polar surface area (TPSA) is 87.5 Å². The van der Waals surface area contributed by atoms with Gasteiger partial charge in [-0.05, 0) is 12.8 Å². The summed E-state index contributed by atoms with van der Waals surface area (Å²) in [6.45, 7) is 5.23. The predicted octanol–water partition coefficient (Wildman–Crippen LogP) is 1.96. The Labute approximate surface area is 109 Å². The molecule has 0 radical (unpaired) electrons. The molecule has 106 valence electrons. The molecule has 0 atom stereocenters. The molecule has 0 saturated heterocycles. The molecule has 6 nitrogen and oxygen atoms in total. The summed E-state index contributed by atoms with van der Waals surface area (Å²) in [5.41, 5.74) is 7.65. The van der Waals surface area contributed by atoms with E-state index >= 15 is 0 Å². The van der Waals surface area contributed by atoms with E-state index in [-0.39, 0.29) is 6.03 Å². The van der Waals surface area contributed by atoms with Crippen molar-refractivity contribution in [3.8, 4) is 0 Å². The number of hydrazine groups is 1. The Balaban J connectivity index is 3.85. The zero-order chi connectivity index (χ0) is 13.8. The molecular formula is C12H26N4O2. The van der Waals surface area contributed by atoms with Crippen molar-refractivity contribution in [3.05, 3.63) is 0 Å². The Morgan fingerprint density at radius 3 is 2.22 bits per heavy atom. The van der Waals surface area contributed by atoms with Gasteiger partial charge >= 0.3 is 12.1 Å². The van der Waals surface area contributed by atoms with Crippen LogP contribution in [-0.4, -0.2) is 30.2 Å². The molecule has 0 aromatic rings. The molecule has 0 bridgehead atoms. The molecule has 0 heterocycles. The Morgan fingerprint density at radius 2 is 1.67 bits per heavy atom. The largest absolute Gasteiger partial charge is 0.350 e. The van der Waals surface area contributed by atoms with Crippen molar-refractivity contribution >= 4 is 12.1 Å². The van der Waals surface area contributed by atoms with E-state index in [1.807, 2.05) is 0 Å². The lowest BCUT2D eigenvalue weighted by Gasteiger charge is -2.21. The number of unbranched alkanes of at least 4 members (excludes halogenated alkanes) is 4. The minimum Gasteiger partial charge on any atom is -0.350 e. The normalized spacial score (nSPS) is 9.89. The lowest BCUT2D eigenvalue weighted by atomic mass is 10.2. The van der Waals surface area contributed by atoms with Gasteiger partial charge in [-0.15, -0.1) is 0 Å². The summed E-state index contributed by atoms with van der Waals surface area (Å²) in [7, 11) is 0. The second-order valence-corrected chi connectivity index (χ2v) is 4.27. The maximum atomic E-state index is 11.5. The highest BCUT2D eigenvalue weighted by Gasteiger charge is 2.11. The summed E-state index contributed by atoms with van der Waals surface area (Å²) in [4.78, 5) is 22.6. The number of primary amides is 1. The first kappa shape index (κ1) is 16.5. The van der Waals surface area contributed by atoms with Crippen LogP contribution in [0.25, 0.3) is 0 Å². The summed E-state index contributed by atoms with van der Waals surface area (Å²) in [6.07, 6.45) is 6.01. The first-order valence-electron chi connectivity index (χ1n) is 6.73. The molecule has 0 aliphatic carbocycles. The third kappa shape index (κ3) is 8.66. The van der Waals surface area contributed by atoms with Gasteiger partial charge < -0.3 is 11.1 Å². The molecule has 0 aromatic carbocycles. The van der Waals surface area contributed by atoms with Crippen molar-refractivity contribution in [2.45, 2.75) is 52.4 Å². The van der Waals surface area contributed by atoms with E-state index in [2.05, 4.69) is 24.6 Å². The molecule has 0 rings (SSSR count). The molecule has 0 fully saturated rings. The number of rotatable bonds is 8. The summed E-state index contributed by atoms with van der Waals surface area (Å²) in [5, 5.41) is 3.85. The molecule has 0 saturated carbocycles. The fraction of sp³-hybridized carbons (Fsp3) is 0.833. The monoisotopic (exact) mass is 258 g/mol. The average Bonchev–Trinajstić information content (AvgIpc) is 2.33. The first-order valence-corrected chi connectivity index (χ1v) is 6.73. The lowest BCUT2D eigenvalue weighted by molar-refractivity contribution is 0.172. The van der Waals surface area contributed by atoms with Crippen LogP contribution in [0, 0.1) is 0 Å². The van der Waals surface area contributed by atoms with E-state index in [0.29, 0.717) is 13.1 Å². The molecule has 0 unspecified atom stereocenters. The third-order valence-electron chi connectivity index (χ3n) is 2.55. The highest BCUT2D eigenvalue weighted by molar-refractivity contribution is 5.79. The number of nitrogens with two attached hydrogens (primary N) is 1. The van der Waals surface area contributed by atoms with Gasteiger partial charge in [-0.2, -0.15) is 0 Å². The van der Waals surface area contributed by atoms with E-state index < -0.39 is 6.03 Å². The quantitative estimate of drug-likeness (QED) is 0.459. The number of amides is 4. The minimum atomic E-state index is -0.630. The first-order chi connectivity index (χ1) is 8.61. The summed E-state index contributed by atoms with van der Waals surface area (Å²) in [5.74, 6) is 0. The Morgan fingerprint density at radius 1 is 1.06 bits per heavy atom. The van der Waals surface area contributed by atoms with Gasteiger partial charge in [-0.3, -0.25) is 0 Å². The highest BCUT2D eigenvalue weighted by Crippen LogP contribution is 1.96. The van der Waals surface area contributed by atoms with Crippen LogP contribution in [0.3, 0.4) is 0 Å². The van der Waals surface area contributed by atoms with E-state index in [1.165, 1.54) is 0 Å². The number of hydrogen-bond acceptors (Lipinski definition) is 2. The summed E-state index contributed by atoms with van der Waals surface area (Å²) < 4.78 is 0. The number of hydrogen-bond donors (Lipinski definition) is 3. The van der Waals surface area contributed by atoms with E-state index in [4.69, 9.17) is 5.73 Å². The van der Waals surface area contributed by atoms with Crippen LogP contribution in [0.4, 0.5) is 9.59 Å². The molecule has 4 amide bonds. The SMILES string of the molecule is CCCCCNC(=O)NN(CCCCC)C(N)=O. The Hall–Kier alpha value is -1.46. The van der Waals surface area contributed by atoms with Crippen LogP contribution in [0.5, 0.6) is 0 Å². The third-order valence-corrected chi connectivity index (χ3v) is 2.55. The van der Waals surface area contributed by atoms with Crippen molar-refractivity contribution < 1.29 is 9.59 Å². The lowest BCUT2D eigenvalue weighted by Crippen LogP contribution is -2.52. The zero-order valence-electron chi connectivity index (χ0n) is 11.5. The fourth-order valence-electron chi connectivity index (χ4n) is 1.48. The molecule has 18 heavy (non-hydrogen) atoms. The van der Waals surface area contributed by atoms with Gasteiger partial charge in [0, 0.05) is 13.1 Å². The number of urea groups is 2. The number of nitrogens with zero attached hydrogens (tertiary/aromatic N) is 1. The standard InChI is InChI=1S/C12H26N4O2/c1-3-5-7-9-14-12(18)15-16(11(13)17)10-8-6-4-2/h3-10H2,1-2H3,(H2,13,17)(H2,14,15,18). The number of nitrogens with one attached hydrogen (secondary N) is 2. The van der Waals surface area contributed by atoms with Gasteiger partial charge in [0.15, 0.2) is 0 Å². The van der Waals surface area contributed by atoms with Crippen molar-refractivity contribution in [2.75, 3.05) is 13.1 Å². The van der Waals surface area contributed by atoms with E-state index in [1.54, 1.807) is 0 Å². The molecule has 6 heteroatoms. The summed E-state index contributed by atoms with van der Waals surface area (Å²) in [6, 6.07) is -1.00. The maximum absolute atomic E-state index is 11.5. The van der Waals surface area contributed by atoms with Gasteiger partial charge in [0.05, 0.1) is 0 Å². The molecule has 0 aromatic heterocycles. The van der Waals surface area contributed by atoms with Crippen LogP contribution in [0.15, 0.2) is 0 Å². The van der Waals surface area contributed by atoms with Crippen molar-refractivity contribution in [1.82, 2.24) is 15.8 Å². The molecule has 0 aliphatic heterocycles. The van der Waals surface area contributed by atoms with E-state index in [9.17, 15) is 9.59 Å². The van der Waals surface area contributed by atoms with Gasteiger partial charge in [-0.1, -0.05) is 39.5 Å².